The van der Waals surface area contributed by atoms with Crippen molar-refractivity contribution in [3.63, 3.8) is 0 Å². The van der Waals surface area contributed by atoms with E-state index in [1.54, 1.807) is 36.1 Å². The van der Waals surface area contributed by atoms with Gasteiger partial charge in [0.25, 0.3) is 0 Å². The molecule has 1 N–H and O–H groups in total. The van der Waals surface area contributed by atoms with E-state index in [9.17, 15) is 8.42 Å². The number of methoxy groups -OCH3 is 1. The number of sulfonamides is 1. The third-order valence-corrected chi connectivity index (χ3v) is 5.10. The van der Waals surface area contributed by atoms with Gasteiger partial charge in [0.15, 0.2) is 0 Å². The van der Waals surface area contributed by atoms with Crippen LogP contribution < -0.4 is 9.46 Å². The van der Waals surface area contributed by atoms with Crippen LogP contribution in [0.3, 0.4) is 0 Å². The number of hydrogen-bond donors (Lipinski definition) is 1. The van der Waals surface area contributed by atoms with Crippen molar-refractivity contribution in [3.05, 3.63) is 60.4 Å². The molecule has 7 nitrogen and oxygen atoms in total. The number of benzene rings is 1. The van der Waals surface area contributed by atoms with Gasteiger partial charge in [0.1, 0.15) is 10.6 Å². The molecule has 2 heterocycles. The highest BCUT2D eigenvalue weighted by Gasteiger charge is 2.19. The summed E-state index contributed by atoms with van der Waals surface area (Å²) in [7, 11) is -0.479. The molecule has 0 aliphatic rings. The summed E-state index contributed by atoms with van der Waals surface area (Å²) in [6.45, 7) is 0.0705. The third-order valence-electron chi connectivity index (χ3n) is 3.66. The summed E-state index contributed by atoms with van der Waals surface area (Å²) >= 11 is 0. The maximum Gasteiger partial charge on any atom is 0.244 e. The first-order chi connectivity index (χ1) is 12.0. The van der Waals surface area contributed by atoms with E-state index in [-0.39, 0.29) is 11.4 Å². The minimum absolute atomic E-state index is 0.0705. The molecule has 0 atom stereocenters. The Labute approximate surface area is 146 Å². The number of hydrogen-bond acceptors (Lipinski definition) is 5. The molecule has 0 bridgehead atoms. The number of pyridine rings is 1. The lowest BCUT2D eigenvalue weighted by molar-refractivity contribution is 0.402. The monoisotopic (exact) mass is 358 g/mol. The molecule has 130 valence electrons. The van der Waals surface area contributed by atoms with E-state index in [4.69, 9.17) is 4.74 Å². The van der Waals surface area contributed by atoms with Crippen molar-refractivity contribution in [2.75, 3.05) is 7.11 Å². The molecule has 0 saturated carbocycles. The summed E-state index contributed by atoms with van der Waals surface area (Å²) in [6, 6.07) is 13.9. The molecule has 25 heavy (non-hydrogen) atoms. The van der Waals surface area contributed by atoms with Gasteiger partial charge in [-0.05, 0) is 30.3 Å². The standard InChI is InChI=1S/C17H18N4O3S/c1-21-15(14-7-5-6-10-18-14)11-13(20-21)12-19-25(22,23)17-9-4-3-8-16(17)24-2/h3-11,19H,12H2,1-2H3. The van der Waals surface area contributed by atoms with E-state index in [1.807, 2.05) is 24.3 Å². The molecule has 0 amide bonds. The summed E-state index contributed by atoms with van der Waals surface area (Å²) < 4.78 is 34.4. The number of aryl methyl sites for hydroxylation is 1. The van der Waals surface area contributed by atoms with Crippen LogP contribution in [0.4, 0.5) is 0 Å². The van der Waals surface area contributed by atoms with Gasteiger partial charge in [-0.3, -0.25) is 9.67 Å². The van der Waals surface area contributed by atoms with Crippen molar-refractivity contribution in [2.24, 2.45) is 7.05 Å². The first-order valence-corrected chi connectivity index (χ1v) is 9.06. The van der Waals surface area contributed by atoms with E-state index < -0.39 is 10.0 Å². The Bertz CT molecular complexity index is 969. The fraction of sp³-hybridized carbons (Fsp3) is 0.176. The van der Waals surface area contributed by atoms with Gasteiger partial charge in [-0.15, -0.1) is 0 Å². The van der Waals surface area contributed by atoms with Gasteiger partial charge in [0, 0.05) is 13.2 Å². The van der Waals surface area contributed by atoms with Crippen molar-refractivity contribution in [3.8, 4) is 17.1 Å². The van der Waals surface area contributed by atoms with E-state index in [0.29, 0.717) is 11.4 Å². The first kappa shape index (κ1) is 17.1. The second kappa shape index (κ2) is 7.04. The average Bonchev–Trinajstić information content (AvgIpc) is 3.01. The predicted octanol–water partition coefficient (Wildman–Crippen LogP) is 1.97. The van der Waals surface area contributed by atoms with Gasteiger partial charge in [-0.2, -0.15) is 5.10 Å². The fourth-order valence-corrected chi connectivity index (χ4v) is 3.62. The van der Waals surface area contributed by atoms with Crippen LogP contribution in [0.1, 0.15) is 5.69 Å². The van der Waals surface area contributed by atoms with Gasteiger partial charge in [-0.1, -0.05) is 18.2 Å². The van der Waals surface area contributed by atoms with Crippen LogP contribution in [0.2, 0.25) is 0 Å². The zero-order valence-corrected chi connectivity index (χ0v) is 14.7. The summed E-state index contributed by atoms with van der Waals surface area (Å²) in [6.07, 6.45) is 1.70. The van der Waals surface area contributed by atoms with Crippen molar-refractivity contribution < 1.29 is 13.2 Å². The van der Waals surface area contributed by atoms with Crippen LogP contribution in [0.25, 0.3) is 11.4 Å². The maximum atomic E-state index is 12.5. The Morgan fingerprint density at radius 2 is 1.92 bits per heavy atom. The number of aromatic nitrogens is 3. The predicted molar refractivity (Wildman–Crippen MR) is 93.5 cm³/mol. The van der Waals surface area contributed by atoms with Gasteiger partial charge >= 0.3 is 0 Å². The van der Waals surface area contributed by atoms with Gasteiger partial charge in [-0.25, -0.2) is 13.1 Å². The van der Waals surface area contributed by atoms with Crippen LogP contribution in [-0.2, 0) is 23.6 Å². The quantitative estimate of drug-likeness (QED) is 0.728. The van der Waals surface area contributed by atoms with Crippen LogP contribution in [-0.4, -0.2) is 30.3 Å². The Morgan fingerprint density at radius 3 is 2.64 bits per heavy atom. The topological polar surface area (TPSA) is 86.1 Å². The van der Waals surface area contributed by atoms with Crippen molar-refractivity contribution in [2.45, 2.75) is 11.4 Å². The number of rotatable bonds is 6. The number of para-hydroxylation sites is 1. The second-order valence-electron chi connectivity index (χ2n) is 5.33. The van der Waals surface area contributed by atoms with E-state index in [1.165, 1.54) is 13.2 Å². The molecular weight excluding hydrogens is 340 g/mol. The van der Waals surface area contributed by atoms with Crippen LogP contribution >= 0.6 is 0 Å². The minimum atomic E-state index is -3.71. The summed E-state index contributed by atoms with van der Waals surface area (Å²) in [5.74, 6) is 0.296. The molecule has 0 spiro atoms. The van der Waals surface area contributed by atoms with E-state index in [0.717, 1.165) is 11.4 Å². The lowest BCUT2D eigenvalue weighted by Crippen LogP contribution is -2.24. The average molecular weight is 358 g/mol. The zero-order valence-electron chi connectivity index (χ0n) is 13.9. The normalized spacial score (nSPS) is 11.4. The fourth-order valence-electron chi connectivity index (χ4n) is 2.45. The van der Waals surface area contributed by atoms with Crippen molar-refractivity contribution in [1.82, 2.24) is 19.5 Å². The lowest BCUT2D eigenvalue weighted by atomic mass is 10.2. The van der Waals surface area contributed by atoms with Crippen LogP contribution in [0.5, 0.6) is 5.75 Å². The van der Waals surface area contributed by atoms with Gasteiger partial charge in [0.05, 0.1) is 30.7 Å². The Morgan fingerprint density at radius 1 is 1.16 bits per heavy atom. The largest absolute Gasteiger partial charge is 0.495 e. The van der Waals surface area contributed by atoms with E-state index in [2.05, 4.69) is 14.8 Å². The zero-order chi connectivity index (χ0) is 17.9. The molecule has 0 unspecified atom stereocenters. The summed E-state index contributed by atoms with van der Waals surface area (Å²) in [5.41, 5.74) is 2.19. The first-order valence-electron chi connectivity index (χ1n) is 7.58. The third kappa shape index (κ3) is 3.70. The Hall–Kier alpha value is -2.71. The molecule has 0 radical (unpaired) electrons. The van der Waals surface area contributed by atoms with Crippen molar-refractivity contribution in [1.29, 1.82) is 0 Å². The van der Waals surface area contributed by atoms with Crippen LogP contribution in [0.15, 0.2) is 59.6 Å². The number of nitrogens with one attached hydrogen (secondary N) is 1. The molecule has 1 aromatic carbocycles. The molecule has 3 aromatic rings. The molecular formula is C17H18N4O3S. The molecule has 8 heteroatoms. The Kier molecular flexibility index (Phi) is 4.82. The molecule has 0 aliphatic carbocycles. The van der Waals surface area contributed by atoms with Gasteiger partial charge < -0.3 is 4.74 Å². The van der Waals surface area contributed by atoms with Crippen molar-refractivity contribution >= 4 is 10.0 Å². The molecule has 3 rings (SSSR count). The highest BCUT2D eigenvalue weighted by Crippen LogP contribution is 2.23. The highest BCUT2D eigenvalue weighted by molar-refractivity contribution is 7.89. The number of nitrogens with zero attached hydrogens (tertiary/aromatic N) is 3. The second-order valence-corrected chi connectivity index (χ2v) is 7.07. The smallest absolute Gasteiger partial charge is 0.244 e. The minimum Gasteiger partial charge on any atom is -0.495 e. The molecule has 2 aromatic heterocycles. The Balaban J connectivity index is 1.80. The van der Waals surface area contributed by atoms with Gasteiger partial charge in [0.2, 0.25) is 10.0 Å². The summed E-state index contributed by atoms with van der Waals surface area (Å²) in [4.78, 5) is 4.38. The summed E-state index contributed by atoms with van der Waals surface area (Å²) in [5, 5.41) is 4.34. The maximum absolute atomic E-state index is 12.5. The molecule has 0 aliphatic heterocycles. The van der Waals surface area contributed by atoms with E-state index >= 15 is 0 Å². The number of ether oxygens (including phenoxy) is 1. The highest BCUT2D eigenvalue weighted by atomic mass is 32.2. The van der Waals surface area contributed by atoms with Crippen LogP contribution in [0, 0.1) is 0 Å². The molecule has 0 saturated heterocycles. The SMILES string of the molecule is COc1ccccc1S(=O)(=O)NCc1cc(-c2ccccn2)n(C)n1. The molecule has 0 fully saturated rings. The lowest BCUT2D eigenvalue weighted by Gasteiger charge is -2.09.